The van der Waals surface area contributed by atoms with Crippen molar-refractivity contribution in [2.75, 3.05) is 7.11 Å². The van der Waals surface area contributed by atoms with Crippen LogP contribution in [-0.4, -0.2) is 33.5 Å². The molecule has 0 saturated carbocycles. The van der Waals surface area contributed by atoms with E-state index in [2.05, 4.69) is 9.72 Å². The zero-order valence-corrected chi connectivity index (χ0v) is 9.43. The lowest BCUT2D eigenvalue weighted by atomic mass is 10.3. The van der Waals surface area contributed by atoms with Crippen LogP contribution in [0.25, 0.3) is 5.52 Å². The van der Waals surface area contributed by atoms with E-state index in [1.807, 2.05) is 0 Å². The van der Waals surface area contributed by atoms with Gasteiger partial charge in [0.25, 0.3) is 0 Å². The molecule has 2 rings (SSSR count). The lowest BCUT2D eigenvalue weighted by Crippen LogP contribution is -2.04. The molecule has 0 aliphatic heterocycles. The molecule has 0 spiro atoms. The average Bonchev–Trinajstić information content (AvgIpc) is 2.66. The highest BCUT2D eigenvalue weighted by Gasteiger charge is 2.21. The second kappa shape index (κ2) is 4.06. The summed E-state index contributed by atoms with van der Waals surface area (Å²) in [6.45, 7) is 0. The standard InChI is InChI=1S/C10H7ClN2O4/c1-17-10(16)7-6-3-2-5(11)4-13(6)8(12-7)9(14)15/h2-4H,1H3,(H,14,15). The summed E-state index contributed by atoms with van der Waals surface area (Å²) >= 11 is 5.76. The van der Waals surface area contributed by atoms with Gasteiger partial charge >= 0.3 is 11.9 Å². The van der Waals surface area contributed by atoms with Crippen LogP contribution in [0.4, 0.5) is 0 Å². The number of nitrogens with zero attached hydrogens (tertiary/aromatic N) is 2. The van der Waals surface area contributed by atoms with Gasteiger partial charge in [-0.15, -0.1) is 0 Å². The number of ether oxygens (including phenoxy) is 1. The Balaban J connectivity index is 2.79. The summed E-state index contributed by atoms with van der Waals surface area (Å²) in [5, 5.41) is 9.30. The highest BCUT2D eigenvalue weighted by Crippen LogP contribution is 2.18. The van der Waals surface area contributed by atoms with Crippen LogP contribution in [0, 0.1) is 0 Å². The molecule has 0 unspecified atom stereocenters. The lowest BCUT2D eigenvalue weighted by Gasteiger charge is -1.98. The second-order valence-electron chi connectivity index (χ2n) is 3.18. The Kier molecular flexibility index (Phi) is 2.72. The number of imidazole rings is 1. The van der Waals surface area contributed by atoms with Gasteiger partial charge in [-0.25, -0.2) is 14.6 Å². The van der Waals surface area contributed by atoms with E-state index in [0.29, 0.717) is 10.5 Å². The van der Waals surface area contributed by atoms with Crippen molar-refractivity contribution in [2.45, 2.75) is 0 Å². The third kappa shape index (κ3) is 1.83. The number of carbonyl (C=O) groups is 2. The fourth-order valence-corrected chi connectivity index (χ4v) is 1.62. The maximum atomic E-state index is 11.4. The number of carboxylic acid groups (broad SMARTS) is 1. The van der Waals surface area contributed by atoms with E-state index in [1.54, 1.807) is 0 Å². The molecule has 6 nitrogen and oxygen atoms in total. The summed E-state index contributed by atoms with van der Waals surface area (Å²) in [5.74, 6) is -2.24. The minimum Gasteiger partial charge on any atom is -0.475 e. The predicted molar refractivity (Wildman–Crippen MR) is 58.5 cm³/mol. The van der Waals surface area contributed by atoms with Crippen LogP contribution in [0.3, 0.4) is 0 Å². The predicted octanol–water partition coefficient (Wildman–Crippen LogP) is 1.47. The van der Waals surface area contributed by atoms with Crippen LogP contribution in [-0.2, 0) is 4.74 Å². The Morgan fingerprint density at radius 2 is 2.18 bits per heavy atom. The second-order valence-corrected chi connectivity index (χ2v) is 3.62. The first-order chi connectivity index (χ1) is 8.04. The fourth-order valence-electron chi connectivity index (χ4n) is 1.46. The maximum Gasteiger partial charge on any atom is 0.372 e. The number of pyridine rings is 1. The van der Waals surface area contributed by atoms with Crippen LogP contribution in [0.1, 0.15) is 21.1 Å². The number of methoxy groups -OCH3 is 1. The Hall–Kier alpha value is -2.08. The summed E-state index contributed by atoms with van der Waals surface area (Å²) in [6, 6.07) is 3.05. The summed E-state index contributed by atoms with van der Waals surface area (Å²) in [4.78, 5) is 26.1. The zero-order chi connectivity index (χ0) is 12.6. The Morgan fingerprint density at radius 3 is 2.76 bits per heavy atom. The summed E-state index contributed by atoms with van der Waals surface area (Å²) < 4.78 is 5.76. The van der Waals surface area contributed by atoms with Gasteiger partial charge in [-0.1, -0.05) is 11.6 Å². The van der Waals surface area contributed by atoms with Crippen molar-refractivity contribution in [3.63, 3.8) is 0 Å². The number of fused-ring (bicyclic) bond motifs is 1. The minimum atomic E-state index is -1.25. The van der Waals surface area contributed by atoms with Crippen molar-refractivity contribution in [1.82, 2.24) is 9.38 Å². The van der Waals surface area contributed by atoms with Gasteiger partial charge in [-0.05, 0) is 12.1 Å². The number of hydrogen-bond acceptors (Lipinski definition) is 4. The number of aromatic carboxylic acids is 1. The van der Waals surface area contributed by atoms with Gasteiger partial charge in [0.2, 0.25) is 5.82 Å². The number of halogens is 1. The van der Waals surface area contributed by atoms with Crippen molar-refractivity contribution in [3.05, 3.63) is 34.9 Å². The highest BCUT2D eigenvalue weighted by molar-refractivity contribution is 6.30. The van der Waals surface area contributed by atoms with E-state index in [-0.39, 0.29) is 11.5 Å². The molecule has 0 amide bonds. The third-order valence-corrected chi connectivity index (χ3v) is 2.39. The Morgan fingerprint density at radius 1 is 1.47 bits per heavy atom. The van der Waals surface area contributed by atoms with Gasteiger partial charge in [-0.3, -0.25) is 4.40 Å². The number of esters is 1. The molecular formula is C10H7ClN2O4. The maximum absolute atomic E-state index is 11.4. The molecule has 0 aromatic carbocycles. The molecule has 2 aromatic heterocycles. The zero-order valence-electron chi connectivity index (χ0n) is 8.68. The number of carboxylic acids is 1. The molecule has 0 saturated heterocycles. The lowest BCUT2D eigenvalue weighted by molar-refractivity contribution is 0.0597. The number of carbonyl (C=O) groups excluding carboxylic acids is 1. The van der Waals surface area contributed by atoms with E-state index in [9.17, 15) is 9.59 Å². The van der Waals surface area contributed by atoms with Crippen LogP contribution in [0.5, 0.6) is 0 Å². The van der Waals surface area contributed by atoms with E-state index < -0.39 is 11.9 Å². The first kappa shape index (κ1) is 11.4. The normalized spacial score (nSPS) is 10.5. The molecule has 2 aromatic rings. The first-order valence-electron chi connectivity index (χ1n) is 4.54. The molecule has 0 aliphatic carbocycles. The molecule has 2 heterocycles. The Bertz CT molecular complexity index is 620. The van der Waals surface area contributed by atoms with E-state index >= 15 is 0 Å². The van der Waals surface area contributed by atoms with Gasteiger partial charge in [0, 0.05) is 6.20 Å². The molecular weight excluding hydrogens is 248 g/mol. The van der Waals surface area contributed by atoms with Gasteiger partial charge in [-0.2, -0.15) is 0 Å². The van der Waals surface area contributed by atoms with Gasteiger partial charge in [0.05, 0.1) is 17.6 Å². The topological polar surface area (TPSA) is 80.9 Å². The van der Waals surface area contributed by atoms with Gasteiger partial charge < -0.3 is 9.84 Å². The quantitative estimate of drug-likeness (QED) is 0.821. The average molecular weight is 255 g/mol. The molecule has 17 heavy (non-hydrogen) atoms. The van der Waals surface area contributed by atoms with Crippen LogP contribution in [0.2, 0.25) is 5.02 Å². The van der Waals surface area contributed by atoms with E-state index in [0.717, 1.165) is 0 Å². The summed E-state index contributed by atoms with van der Waals surface area (Å²) in [7, 11) is 1.20. The number of rotatable bonds is 2. The third-order valence-electron chi connectivity index (χ3n) is 2.17. The van der Waals surface area contributed by atoms with Crippen LogP contribution in [0.15, 0.2) is 18.3 Å². The molecule has 7 heteroatoms. The molecule has 0 radical (unpaired) electrons. The Labute approximate surface area is 100 Å². The van der Waals surface area contributed by atoms with Crippen molar-refractivity contribution in [3.8, 4) is 0 Å². The van der Waals surface area contributed by atoms with Crippen molar-refractivity contribution in [2.24, 2.45) is 0 Å². The molecule has 88 valence electrons. The SMILES string of the molecule is COC(=O)c1nc(C(=O)O)n2cc(Cl)ccc12. The van der Waals surface area contributed by atoms with Crippen molar-refractivity contribution < 1.29 is 19.4 Å². The van der Waals surface area contributed by atoms with Crippen molar-refractivity contribution >= 4 is 29.1 Å². The molecule has 0 aliphatic rings. The van der Waals surface area contributed by atoms with Crippen molar-refractivity contribution in [1.29, 1.82) is 0 Å². The molecule has 0 bridgehead atoms. The molecule has 0 fully saturated rings. The van der Waals surface area contributed by atoms with E-state index in [4.69, 9.17) is 16.7 Å². The van der Waals surface area contributed by atoms with E-state index in [1.165, 1.54) is 29.8 Å². The molecule has 1 N–H and O–H groups in total. The largest absolute Gasteiger partial charge is 0.475 e. The summed E-state index contributed by atoms with van der Waals surface area (Å²) in [6.07, 6.45) is 1.37. The minimum absolute atomic E-state index is 0.0541. The monoisotopic (exact) mass is 254 g/mol. The fraction of sp³-hybridized carbons (Fsp3) is 0.100. The summed E-state index contributed by atoms with van der Waals surface area (Å²) in [5.41, 5.74) is 0.278. The smallest absolute Gasteiger partial charge is 0.372 e. The van der Waals surface area contributed by atoms with Gasteiger partial charge in [0.1, 0.15) is 0 Å². The highest BCUT2D eigenvalue weighted by atomic mass is 35.5. The van der Waals surface area contributed by atoms with Crippen LogP contribution < -0.4 is 0 Å². The number of aromatic nitrogens is 2. The molecule has 0 atom stereocenters. The number of hydrogen-bond donors (Lipinski definition) is 1. The van der Waals surface area contributed by atoms with Gasteiger partial charge in [0.15, 0.2) is 5.69 Å². The first-order valence-corrected chi connectivity index (χ1v) is 4.91. The van der Waals surface area contributed by atoms with Crippen LogP contribution >= 0.6 is 11.6 Å².